The molecule has 2 atom stereocenters. The number of halogens is 1. The molecule has 0 saturated carbocycles. The minimum atomic E-state index is -0.270. The van der Waals surface area contributed by atoms with Crippen LogP contribution < -0.4 is 5.73 Å². The third-order valence-electron chi connectivity index (χ3n) is 3.62. The van der Waals surface area contributed by atoms with E-state index in [1.54, 1.807) is 4.90 Å². The predicted molar refractivity (Wildman–Crippen MR) is 83.2 cm³/mol. The molecule has 0 bridgehead atoms. The standard InChI is InChI=1S/C15H22N2O3.ClH/c16-14(10-18)8-13-6-7-17(9-13)15(19)20-11-12-4-2-1-3-5-12;/h1-5,13-14,18H,6-11,16H2;1H. The lowest BCUT2D eigenvalue weighted by atomic mass is 10.0. The number of amides is 1. The molecule has 1 saturated heterocycles. The van der Waals surface area contributed by atoms with Crippen LogP contribution in [0.25, 0.3) is 0 Å². The van der Waals surface area contributed by atoms with Crippen molar-refractivity contribution in [2.24, 2.45) is 11.7 Å². The Morgan fingerprint density at radius 1 is 1.43 bits per heavy atom. The summed E-state index contributed by atoms with van der Waals surface area (Å²) >= 11 is 0. The second-order valence-electron chi connectivity index (χ2n) is 5.32. The van der Waals surface area contributed by atoms with Crippen LogP contribution >= 0.6 is 12.4 Å². The van der Waals surface area contributed by atoms with Crippen molar-refractivity contribution in [2.75, 3.05) is 19.7 Å². The van der Waals surface area contributed by atoms with Crippen molar-refractivity contribution in [1.82, 2.24) is 4.90 Å². The molecule has 0 spiro atoms. The minimum Gasteiger partial charge on any atom is -0.445 e. The van der Waals surface area contributed by atoms with E-state index in [1.807, 2.05) is 30.3 Å². The zero-order valence-electron chi connectivity index (χ0n) is 12.0. The topological polar surface area (TPSA) is 75.8 Å². The first-order chi connectivity index (χ1) is 9.69. The Morgan fingerprint density at radius 3 is 2.81 bits per heavy atom. The fourth-order valence-electron chi connectivity index (χ4n) is 2.50. The Bertz CT molecular complexity index is 430. The molecule has 0 aliphatic carbocycles. The van der Waals surface area contributed by atoms with Gasteiger partial charge in [-0.1, -0.05) is 30.3 Å². The summed E-state index contributed by atoms with van der Waals surface area (Å²) in [6.07, 6.45) is 1.40. The van der Waals surface area contributed by atoms with Gasteiger partial charge in [0, 0.05) is 19.1 Å². The first-order valence-electron chi connectivity index (χ1n) is 7.01. The highest BCUT2D eigenvalue weighted by Crippen LogP contribution is 2.21. The van der Waals surface area contributed by atoms with E-state index in [0.29, 0.717) is 25.6 Å². The number of ether oxygens (including phenoxy) is 1. The van der Waals surface area contributed by atoms with Crippen molar-refractivity contribution >= 4 is 18.5 Å². The molecule has 118 valence electrons. The minimum absolute atomic E-state index is 0. The molecule has 1 aliphatic rings. The van der Waals surface area contributed by atoms with E-state index in [1.165, 1.54) is 0 Å². The maximum atomic E-state index is 11.9. The molecule has 2 rings (SSSR count). The number of nitrogens with zero attached hydrogens (tertiary/aromatic N) is 1. The number of hydrogen-bond donors (Lipinski definition) is 2. The molecular formula is C15H23ClN2O3. The highest BCUT2D eigenvalue weighted by Gasteiger charge is 2.28. The summed E-state index contributed by atoms with van der Waals surface area (Å²) in [4.78, 5) is 13.7. The Labute approximate surface area is 131 Å². The maximum absolute atomic E-state index is 11.9. The third kappa shape index (κ3) is 5.53. The molecule has 3 N–H and O–H groups in total. The fourth-order valence-corrected chi connectivity index (χ4v) is 2.50. The largest absolute Gasteiger partial charge is 0.445 e. The van der Waals surface area contributed by atoms with Gasteiger partial charge in [-0.05, 0) is 24.3 Å². The zero-order valence-corrected chi connectivity index (χ0v) is 12.8. The van der Waals surface area contributed by atoms with Gasteiger partial charge in [0.2, 0.25) is 0 Å². The molecule has 5 nitrogen and oxygen atoms in total. The zero-order chi connectivity index (χ0) is 14.4. The van der Waals surface area contributed by atoms with Gasteiger partial charge in [0.25, 0.3) is 0 Å². The first-order valence-corrected chi connectivity index (χ1v) is 7.01. The lowest BCUT2D eigenvalue weighted by Gasteiger charge is -2.17. The van der Waals surface area contributed by atoms with Gasteiger partial charge in [-0.15, -0.1) is 12.4 Å². The molecule has 1 fully saturated rings. The van der Waals surface area contributed by atoms with Crippen LogP contribution in [0.3, 0.4) is 0 Å². The molecular weight excluding hydrogens is 292 g/mol. The summed E-state index contributed by atoms with van der Waals surface area (Å²) < 4.78 is 5.30. The van der Waals surface area contributed by atoms with Crippen LogP contribution in [0.1, 0.15) is 18.4 Å². The Balaban J connectivity index is 0.00000220. The van der Waals surface area contributed by atoms with E-state index in [0.717, 1.165) is 18.4 Å². The highest BCUT2D eigenvalue weighted by molar-refractivity contribution is 5.85. The Kier molecular flexibility index (Phi) is 7.50. The second kappa shape index (κ2) is 8.87. The van der Waals surface area contributed by atoms with E-state index in [4.69, 9.17) is 15.6 Å². The van der Waals surface area contributed by atoms with Crippen LogP contribution in [-0.4, -0.2) is 41.8 Å². The Hall–Kier alpha value is -1.30. The van der Waals surface area contributed by atoms with Crippen molar-refractivity contribution in [3.8, 4) is 0 Å². The molecule has 1 aromatic rings. The molecule has 0 aromatic heterocycles. The van der Waals surface area contributed by atoms with Crippen LogP contribution in [0, 0.1) is 5.92 Å². The highest BCUT2D eigenvalue weighted by atomic mass is 35.5. The fraction of sp³-hybridized carbons (Fsp3) is 0.533. The van der Waals surface area contributed by atoms with Gasteiger partial charge in [-0.2, -0.15) is 0 Å². The van der Waals surface area contributed by atoms with Crippen molar-refractivity contribution in [1.29, 1.82) is 0 Å². The van der Waals surface area contributed by atoms with Crippen LogP contribution in [-0.2, 0) is 11.3 Å². The summed E-state index contributed by atoms with van der Waals surface area (Å²) in [5.74, 6) is 0.362. The number of carbonyl (C=O) groups is 1. The summed E-state index contributed by atoms with van der Waals surface area (Å²) in [7, 11) is 0. The number of benzene rings is 1. The maximum Gasteiger partial charge on any atom is 0.410 e. The van der Waals surface area contributed by atoms with Gasteiger partial charge >= 0.3 is 6.09 Å². The third-order valence-corrected chi connectivity index (χ3v) is 3.62. The monoisotopic (exact) mass is 314 g/mol. The van der Waals surface area contributed by atoms with E-state index in [2.05, 4.69) is 0 Å². The average Bonchev–Trinajstić information content (AvgIpc) is 2.94. The van der Waals surface area contributed by atoms with E-state index >= 15 is 0 Å². The van der Waals surface area contributed by atoms with Gasteiger partial charge in [0.05, 0.1) is 6.61 Å². The quantitative estimate of drug-likeness (QED) is 0.868. The summed E-state index contributed by atoms with van der Waals surface area (Å²) in [6.45, 7) is 1.67. The van der Waals surface area contributed by atoms with E-state index < -0.39 is 0 Å². The summed E-state index contributed by atoms with van der Waals surface area (Å²) in [5.41, 5.74) is 6.71. The van der Waals surface area contributed by atoms with Crippen LogP contribution in [0.5, 0.6) is 0 Å². The predicted octanol–water partition coefficient (Wildman–Crippen LogP) is 1.78. The molecule has 1 amide bonds. The number of likely N-dealkylation sites (tertiary alicyclic amines) is 1. The molecule has 6 heteroatoms. The SMILES string of the molecule is Cl.NC(CO)CC1CCN(C(=O)OCc2ccccc2)C1. The summed E-state index contributed by atoms with van der Waals surface area (Å²) in [5, 5.41) is 8.95. The number of aliphatic hydroxyl groups excluding tert-OH is 1. The van der Waals surface area contributed by atoms with Crippen molar-refractivity contribution in [2.45, 2.75) is 25.5 Å². The number of rotatable bonds is 5. The van der Waals surface area contributed by atoms with E-state index in [9.17, 15) is 4.79 Å². The van der Waals surface area contributed by atoms with Gasteiger partial charge in [0.15, 0.2) is 0 Å². The lowest BCUT2D eigenvalue weighted by Crippen LogP contribution is -2.31. The van der Waals surface area contributed by atoms with Crippen molar-refractivity contribution < 1.29 is 14.6 Å². The van der Waals surface area contributed by atoms with Crippen LogP contribution in [0.4, 0.5) is 4.79 Å². The molecule has 0 radical (unpaired) electrons. The molecule has 2 unspecified atom stereocenters. The van der Waals surface area contributed by atoms with Crippen molar-refractivity contribution in [3.63, 3.8) is 0 Å². The number of hydrogen-bond acceptors (Lipinski definition) is 4. The smallest absolute Gasteiger partial charge is 0.410 e. The van der Waals surface area contributed by atoms with Crippen molar-refractivity contribution in [3.05, 3.63) is 35.9 Å². The molecule has 1 heterocycles. The number of nitrogens with two attached hydrogens (primary N) is 1. The normalized spacial score (nSPS) is 19.0. The average molecular weight is 315 g/mol. The van der Waals surface area contributed by atoms with Gasteiger partial charge in [-0.3, -0.25) is 0 Å². The van der Waals surface area contributed by atoms with Crippen LogP contribution in [0.15, 0.2) is 30.3 Å². The molecule has 1 aromatic carbocycles. The molecule has 21 heavy (non-hydrogen) atoms. The van der Waals surface area contributed by atoms with Gasteiger partial charge in [0.1, 0.15) is 6.61 Å². The van der Waals surface area contributed by atoms with E-state index in [-0.39, 0.29) is 31.1 Å². The van der Waals surface area contributed by atoms with Gasteiger partial charge < -0.3 is 20.5 Å². The summed E-state index contributed by atoms with van der Waals surface area (Å²) in [6, 6.07) is 9.44. The molecule has 1 aliphatic heterocycles. The number of aliphatic hydroxyl groups is 1. The Morgan fingerprint density at radius 2 is 2.14 bits per heavy atom. The lowest BCUT2D eigenvalue weighted by molar-refractivity contribution is 0.102. The number of carbonyl (C=O) groups excluding carboxylic acids is 1. The first kappa shape index (κ1) is 17.8. The van der Waals surface area contributed by atoms with Gasteiger partial charge in [-0.25, -0.2) is 4.79 Å². The second-order valence-corrected chi connectivity index (χ2v) is 5.32. The van der Waals surface area contributed by atoms with Crippen LogP contribution in [0.2, 0.25) is 0 Å².